The topological polar surface area (TPSA) is 73.3 Å². The van der Waals surface area contributed by atoms with E-state index < -0.39 is 5.82 Å². The number of carbonyl (C=O) groups is 1. The van der Waals surface area contributed by atoms with Crippen molar-refractivity contribution in [2.24, 2.45) is 0 Å². The van der Waals surface area contributed by atoms with Crippen LogP contribution < -0.4 is 14.8 Å². The average Bonchev–Trinajstić information content (AvgIpc) is 2.71. The smallest absolute Gasteiger partial charge is 0.251 e. The second-order valence-electron chi connectivity index (χ2n) is 5.60. The Morgan fingerprint density at radius 2 is 1.89 bits per heavy atom. The molecule has 0 aliphatic carbocycles. The van der Waals surface area contributed by atoms with Gasteiger partial charge in [-0.15, -0.1) is 10.2 Å². The molecule has 0 aliphatic heterocycles. The van der Waals surface area contributed by atoms with Crippen LogP contribution in [0.25, 0.3) is 11.3 Å². The summed E-state index contributed by atoms with van der Waals surface area (Å²) in [6.45, 7) is 0.481. The first kappa shape index (κ1) is 18.3. The summed E-state index contributed by atoms with van der Waals surface area (Å²) < 4.78 is 23.7. The number of hydrogen-bond donors (Lipinski definition) is 1. The van der Waals surface area contributed by atoms with Crippen LogP contribution in [0.5, 0.6) is 11.6 Å². The Morgan fingerprint density at radius 1 is 1.07 bits per heavy atom. The minimum atomic E-state index is -0.453. The van der Waals surface area contributed by atoms with Gasteiger partial charge in [-0.05, 0) is 48.5 Å². The molecule has 3 rings (SSSR count). The molecule has 0 saturated heterocycles. The van der Waals surface area contributed by atoms with Gasteiger partial charge in [0, 0.05) is 17.2 Å². The number of halogens is 1. The molecule has 0 atom stereocenters. The highest BCUT2D eigenvalue weighted by Gasteiger charge is 2.06. The fourth-order valence-corrected chi connectivity index (χ4v) is 2.36. The van der Waals surface area contributed by atoms with Crippen molar-refractivity contribution < 1.29 is 18.7 Å². The van der Waals surface area contributed by atoms with Crippen LogP contribution in [0.2, 0.25) is 0 Å². The number of hydrogen-bond acceptors (Lipinski definition) is 5. The normalized spacial score (nSPS) is 10.3. The minimum absolute atomic E-state index is 0.220. The van der Waals surface area contributed by atoms with Gasteiger partial charge in [0.15, 0.2) is 0 Å². The van der Waals surface area contributed by atoms with E-state index in [1.165, 1.54) is 18.2 Å². The number of nitrogens with one attached hydrogen (secondary N) is 1. The van der Waals surface area contributed by atoms with Gasteiger partial charge in [0.2, 0.25) is 5.88 Å². The standard InChI is InChI=1S/C20H18FN3O3/c1-26-17-7-5-14(6-8-17)18-9-10-19(24-23-18)27-12-11-22-20(25)15-3-2-4-16(21)13-15/h2-10,13H,11-12H2,1H3,(H,22,25). The molecule has 7 heteroatoms. The highest BCUT2D eigenvalue weighted by Crippen LogP contribution is 2.20. The number of rotatable bonds is 7. The molecule has 0 spiro atoms. The molecule has 6 nitrogen and oxygen atoms in total. The predicted octanol–water partition coefficient (Wildman–Crippen LogP) is 3.10. The molecule has 27 heavy (non-hydrogen) atoms. The summed E-state index contributed by atoms with van der Waals surface area (Å²) in [6.07, 6.45) is 0. The quantitative estimate of drug-likeness (QED) is 0.650. The molecular formula is C20H18FN3O3. The molecule has 0 radical (unpaired) electrons. The summed E-state index contributed by atoms with van der Waals surface area (Å²) in [5, 5.41) is 10.8. The molecule has 0 unspecified atom stereocenters. The van der Waals surface area contributed by atoms with E-state index in [9.17, 15) is 9.18 Å². The first-order valence-electron chi connectivity index (χ1n) is 8.30. The van der Waals surface area contributed by atoms with E-state index in [0.29, 0.717) is 11.6 Å². The van der Waals surface area contributed by atoms with Crippen molar-refractivity contribution in [3.8, 4) is 22.9 Å². The lowest BCUT2D eigenvalue weighted by molar-refractivity contribution is 0.0946. The first-order valence-corrected chi connectivity index (χ1v) is 8.30. The van der Waals surface area contributed by atoms with Gasteiger partial charge in [-0.1, -0.05) is 6.07 Å². The van der Waals surface area contributed by atoms with E-state index in [0.717, 1.165) is 11.3 Å². The van der Waals surface area contributed by atoms with Crippen molar-refractivity contribution in [3.63, 3.8) is 0 Å². The Labute approximate surface area is 156 Å². The Balaban J connectivity index is 1.48. The van der Waals surface area contributed by atoms with Gasteiger partial charge in [-0.3, -0.25) is 4.79 Å². The minimum Gasteiger partial charge on any atom is -0.497 e. The van der Waals surface area contributed by atoms with Gasteiger partial charge in [0.1, 0.15) is 18.2 Å². The van der Waals surface area contributed by atoms with Crippen LogP contribution in [0.3, 0.4) is 0 Å². The van der Waals surface area contributed by atoms with E-state index >= 15 is 0 Å². The summed E-state index contributed by atoms with van der Waals surface area (Å²) in [5.41, 5.74) is 1.89. The van der Waals surface area contributed by atoms with Gasteiger partial charge in [-0.2, -0.15) is 0 Å². The summed E-state index contributed by atoms with van der Waals surface area (Å²) in [5.74, 6) is 0.310. The van der Waals surface area contributed by atoms with E-state index in [1.807, 2.05) is 24.3 Å². The number of carbonyl (C=O) groups excluding carboxylic acids is 1. The Kier molecular flexibility index (Phi) is 5.94. The number of ether oxygens (including phenoxy) is 2. The highest BCUT2D eigenvalue weighted by molar-refractivity contribution is 5.94. The molecule has 0 aliphatic rings. The van der Waals surface area contributed by atoms with E-state index in [1.54, 1.807) is 25.3 Å². The lowest BCUT2D eigenvalue weighted by Crippen LogP contribution is -2.28. The number of nitrogens with zero attached hydrogens (tertiary/aromatic N) is 2. The molecule has 3 aromatic rings. The van der Waals surface area contributed by atoms with E-state index in [2.05, 4.69) is 15.5 Å². The van der Waals surface area contributed by atoms with Gasteiger partial charge in [0.25, 0.3) is 5.91 Å². The zero-order valence-electron chi connectivity index (χ0n) is 14.7. The molecule has 2 aromatic carbocycles. The van der Waals surface area contributed by atoms with Gasteiger partial charge in [-0.25, -0.2) is 4.39 Å². The molecule has 0 bridgehead atoms. The van der Waals surface area contributed by atoms with Crippen LogP contribution in [-0.4, -0.2) is 36.4 Å². The van der Waals surface area contributed by atoms with Gasteiger partial charge >= 0.3 is 0 Å². The summed E-state index contributed by atoms with van der Waals surface area (Å²) >= 11 is 0. The van der Waals surface area contributed by atoms with E-state index in [4.69, 9.17) is 9.47 Å². The maximum atomic E-state index is 13.1. The number of methoxy groups -OCH3 is 1. The highest BCUT2D eigenvalue weighted by atomic mass is 19.1. The van der Waals surface area contributed by atoms with Crippen molar-refractivity contribution in [2.75, 3.05) is 20.3 Å². The second kappa shape index (κ2) is 8.75. The molecule has 1 amide bonds. The predicted molar refractivity (Wildman–Crippen MR) is 98.2 cm³/mol. The summed E-state index contributed by atoms with van der Waals surface area (Å²) in [6, 6.07) is 16.5. The fraction of sp³-hybridized carbons (Fsp3) is 0.150. The SMILES string of the molecule is COc1ccc(-c2ccc(OCCNC(=O)c3cccc(F)c3)nn2)cc1. The van der Waals surface area contributed by atoms with Crippen molar-refractivity contribution in [1.82, 2.24) is 15.5 Å². The monoisotopic (exact) mass is 367 g/mol. The Hall–Kier alpha value is -3.48. The maximum Gasteiger partial charge on any atom is 0.251 e. The summed E-state index contributed by atoms with van der Waals surface area (Å²) in [7, 11) is 1.61. The first-order chi connectivity index (χ1) is 13.2. The largest absolute Gasteiger partial charge is 0.497 e. The third-order valence-corrected chi connectivity index (χ3v) is 3.75. The van der Waals surface area contributed by atoms with Crippen LogP contribution in [0.1, 0.15) is 10.4 Å². The molecule has 0 saturated carbocycles. The van der Waals surface area contributed by atoms with Crippen molar-refractivity contribution in [1.29, 1.82) is 0 Å². The summed E-state index contributed by atoms with van der Waals surface area (Å²) in [4.78, 5) is 11.9. The van der Waals surface area contributed by atoms with Crippen LogP contribution in [0.4, 0.5) is 4.39 Å². The zero-order valence-corrected chi connectivity index (χ0v) is 14.7. The van der Waals surface area contributed by atoms with Crippen molar-refractivity contribution in [2.45, 2.75) is 0 Å². The third kappa shape index (κ3) is 5.01. The van der Waals surface area contributed by atoms with Crippen LogP contribution in [0.15, 0.2) is 60.7 Å². The number of benzene rings is 2. The van der Waals surface area contributed by atoms with Crippen LogP contribution >= 0.6 is 0 Å². The van der Waals surface area contributed by atoms with Crippen molar-refractivity contribution >= 4 is 5.91 Å². The fourth-order valence-electron chi connectivity index (χ4n) is 2.36. The van der Waals surface area contributed by atoms with Crippen molar-refractivity contribution in [3.05, 3.63) is 72.0 Å². The van der Waals surface area contributed by atoms with Gasteiger partial charge in [0.05, 0.1) is 19.3 Å². The molecule has 1 aromatic heterocycles. The van der Waals surface area contributed by atoms with Gasteiger partial charge < -0.3 is 14.8 Å². The second-order valence-corrected chi connectivity index (χ2v) is 5.60. The molecule has 1 N–H and O–H groups in total. The maximum absolute atomic E-state index is 13.1. The van der Waals surface area contributed by atoms with Crippen LogP contribution in [-0.2, 0) is 0 Å². The Morgan fingerprint density at radius 3 is 2.56 bits per heavy atom. The van der Waals surface area contributed by atoms with E-state index in [-0.39, 0.29) is 24.6 Å². The molecule has 1 heterocycles. The van der Waals surface area contributed by atoms with Crippen LogP contribution in [0, 0.1) is 5.82 Å². The zero-order chi connectivity index (χ0) is 19.1. The lowest BCUT2D eigenvalue weighted by atomic mass is 10.1. The molecule has 0 fully saturated rings. The molecule has 138 valence electrons. The third-order valence-electron chi connectivity index (χ3n) is 3.75. The lowest BCUT2D eigenvalue weighted by Gasteiger charge is -2.07. The Bertz CT molecular complexity index is 899. The molecular weight excluding hydrogens is 349 g/mol. The average molecular weight is 367 g/mol. The number of amides is 1. The number of aromatic nitrogens is 2.